The highest BCUT2D eigenvalue weighted by Gasteiger charge is 2.36. The molecule has 3 amide bonds. The van der Waals surface area contributed by atoms with Crippen LogP contribution in [0.5, 0.6) is 11.5 Å². The highest BCUT2D eigenvalue weighted by Crippen LogP contribution is 2.35. The molecule has 0 aromatic heterocycles. The van der Waals surface area contributed by atoms with Crippen molar-refractivity contribution in [3.05, 3.63) is 54.0 Å². The Labute approximate surface area is 216 Å². The second-order valence-electron chi connectivity index (χ2n) is 6.32. The number of halogens is 2. The van der Waals surface area contributed by atoms with Gasteiger partial charge in [0.2, 0.25) is 5.91 Å². The molecular formula is C22H16I2N2O5S. The van der Waals surface area contributed by atoms with E-state index in [0.29, 0.717) is 17.2 Å². The number of nitrogens with one attached hydrogen (secondary N) is 1. The summed E-state index contributed by atoms with van der Waals surface area (Å²) in [6.07, 6.45) is 6.87. The lowest BCUT2D eigenvalue weighted by Gasteiger charge is -2.14. The molecule has 0 unspecified atom stereocenters. The zero-order valence-electron chi connectivity index (χ0n) is 16.7. The van der Waals surface area contributed by atoms with E-state index in [1.54, 1.807) is 30.3 Å². The fourth-order valence-electron chi connectivity index (χ4n) is 2.78. The molecule has 1 saturated heterocycles. The average Bonchev–Trinajstić information content (AvgIpc) is 3.01. The fraction of sp³-hybridized carbons (Fsp3) is 0.136. The Bertz CT molecular complexity index is 1140. The number of carbonyl (C=O) groups is 3. The van der Waals surface area contributed by atoms with Crippen LogP contribution in [0.1, 0.15) is 5.56 Å². The Morgan fingerprint density at radius 1 is 1.25 bits per heavy atom. The first-order valence-corrected chi connectivity index (χ1v) is 12.0. The largest absolute Gasteiger partial charge is 0.495 e. The topological polar surface area (TPSA) is 84.9 Å². The monoisotopic (exact) mass is 674 g/mol. The number of carbonyl (C=O) groups excluding carboxylic acids is 3. The third kappa shape index (κ3) is 5.76. The maximum Gasteiger partial charge on any atom is 0.294 e. The van der Waals surface area contributed by atoms with Crippen molar-refractivity contribution in [3.63, 3.8) is 0 Å². The molecule has 1 aliphatic heterocycles. The smallest absolute Gasteiger partial charge is 0.294 e. The molecule has 0 bridgehead atoms. The van der Waals surface area contributed by atoms with Gasteiger partial charge in [-0.05, 0) is 92.8 Å². The Morgan fingerprint density at radius 2 is 1.94 bits per heavy atom. The number of nitrogens with zero attached hydrogens (tertiary/aromatic N) is 1. The van der Waals surface area contributed by atoms with E-state index in [4.69, 9.17) is 15.9 Å². The average molecular weight is 674 g/mol. The standard InChI is InChI=1S/C22H16I2N2O5S/c1-3-8-31-20-14(23)9-13(10-15(20)24)11-18-21(28)26(22(29)32-18)12-19(27)25-16-6-4-5-7-17(16)30-2/h1,4-7,9-11H,8,12H2,2H3,(H,25,27)/b18-11-. The number of para-hydroxylation sites is 2. The van der Waals surface area contributed by atoms with Gasteiger partial charge in [0.1, 0.15) is 24.7 Å². The van der Waals surface area contributed by atoms with Crippen molar-refractivity contribution in [2.45, 2.75) is 0 Å². The fourth-order valence-corrected chi connectivity index (χ4v) is 5.75. The summed E-state index contributed by atoms with van der Waals surface area (Å²) in [6, 6.07) is 10.5. The molecule has 1 N–H and O–H groups in total. The van der Waals surface area contributed by atoms with Crippen molar-refractivity contribution < 1.29 is 23.9 Å². The molecule has 1 aliphatic rings. The van der Waals surface area contributed by atoms with Crippen LogP contribution in [0.4, 0.5) is 10.5 Å². The summed E-state index contributed by atoms with van der Waals surface area (Å²) in [5.41, 5.74) is 1.19. The van der Waals surface area contributed by atoms with Crippen LogP contribution in [0.3, 0.4) is 0 Å². The van der Waals surface area contributed by atoms with Crippen LogP contribution in [0, 0.1) is 19.5 Å². The van der Waals surface area contributed by atoms with Crippen LogP contribution in [0.25, 0.3) is 6.08 Å². The summed E-state index contributed by atoms with van der Waals surface area (Å²) in [4.78, 5) is 38.7. The van der Waals surface area contributed by atoms with Gasteiger partial charge in [-0.2, -0.15) is 0 Å². The van der Waals surface area contributed by atoms with Crippen LogP contribution in [0.2, 0.25) is 0 Å². The van der Waals surface area contributed by atoms with Crippen LogP contribution in [-0.2, 0) is 9.59 Å². The first kappa shape index (κ1) is 24.4. The predicted molar refractivity (Wildman–Crippen MR) is 141 cm³/mol. The summed E-state index contributed by atoms with van der Waals surface area (Å²) in [5, 5.41) is 2.16. The van der Waals surface area contributed by atoms with Crippen LogP contribution >= 0.6 is 56.9 Å². The van der Waals surface area contributed by atoms with Crippen molar-refractivity contribution in [1.82, 2.24) is 4.90 Å². The van der Waals surface area contributed by atoms with Crippen molar-refractivity contribution in [2.75, 3.05) is 25.6 Å². The maximum atomic E-state index is 12.8. The van der Waals surface area contributed by atoms with E-state index in [1.165, 1.54) is 7.11 Å². The normalized spacial score (nSPS) is 14.4. The van der Waals surface area contributed by atoms with Crippen molar-refractivity contribution in [3.8, 4) is 23.8 Å². The van der Waals surface area contributed by atoms with Crippen LogP contribution in [0.15, 0.2) is 41.3 Å². The highest BCUT2D eigenvalue weighted by molar-refractivity contribution is 14.1. The van der Waals surface area contributed by atoms with E-state index in [-0.39, 0.29) is 11.5 Å². The number of imide groups is 1. The van der Waals surface area contributed by atoms with E-state index in [9.17, 15) is 14.4 Å². The van der Waals surface area contributed by atoms with Gasteiger partial charge in [0, 0.05) is 0 Å². The highest BCUT2D eigenvalue weighted by atomic mass is 127. The lowest BCUT2D eigenvalue weighted by atomic mass is 10.2. The maximum absolute atomic E-state index is 12.8. The Kier molecular flexibility index (Phi) is 8.44. The van der Waals surface area contributed by atoms with Crippen LogP contribution in [-0.4, -0.2) is 42.2 Å². The number of methoxy groups -OCH3 is 1. The summed E-state index contributed by atoms with van der Waals surface area (Å²) in [7, 11) is 1.49. The van der Waals surface area contributed by atoms with Gasteiger partial charge in [-0.1, -0.05) is 18.1 Å². The molecule has 10 heteroatoms. The van der Waals surface area contributed by atoms with E-state index in [1.807, 2.05) is 12.1 Å². The Hall–Kier alpha value is -2.24. The zero-order valence-corrected chi connectivity index (χ0v) is 21.8. The summed E-state index contributed by atoms with van der Waals surface area (Å²) in [5.74, 6) is 2.55. The van der Waals surface area contributed by atoms with Gasteiger partial charge in [0.05, 0.1) is 24.8 Å². The predicted octanol–water partition coefficient (Wildman–Crippen LogP) is 4.59. The van der Waals surface area contributed by atoms with Gasteiger partial charge < -0.3 is 14.8 Å². The van der Waals surface area contributed by atoms with Crippen molar-refractivity contribution in [1.29, 1.82) is 0 Å². The molecule has 2 aromatic carbocycles. The second kappa shape index (κ2) is 11.1. The van der Waals surface area contributed by atoms with E-state index in [0.717, 1.165) is 29.4 Å². The van der Waals surface area contributed by atoms with E-state index < -0.39 is 23.6 Å². The molecule has 1 fully saturated rings. The third-order valence-corrected chi connectivity index (χ3v) is 6.68. The number of ether oxygens (including phenoxy) is 2. The molecule has 32 heavy (non-hydrogen) atoms. The molecule has 0 radical (unpaired) electrons. The van der Waals surface area contributed by atoms with E-state index in [2.05, 4.69) is 56.4 Å². The number of anilines is 1. The number of amides is 3. The molecule has 3 rings (SSSR count). The number of terminal acetylenes is 1. The minimum atomic E-state index is -0.521. The first-order valence-electron chi connectivity index (χ1n) is 9.07. The second-order valence-corrected chi connectivity index (χ2v) is 9.64. The van der Waals surface area contributed by atoms with Gasteiger partial charge in [-0.15, -0.1) is 6.42 Å². The number of thioether (sulfide) groups is 1. The number of hydrogen-bond acceptors (Lipinski definition) is 6. The van der Waals surface area contributed by atoms with Crippen molar-refractivity contribution >= 4 is 85.8 Å². The van der Waals surface area contributed by atoms with Gasteiger partial charge >= 0.3 is 0 Å². The first-order chi connectivity index (χ1) is 15.3. The van der Waals surface area contributed by atoms with Gasteiger partial charge in [0.15, 0.2) is 0 Å². The number of hydrogen-bond donors (Lipinski definition) is 1. The summed E-state index contributed by atoms with van der Waals surface area (Å²) in [6.45, 7) is -0.241. The molecule has 164 valence electrons. The Balaban J connectivity index is 1.74. The molecule has 0 aliphatic carbocycles. The minimum Gasteiger partial charge on any atom is -0.495 e. The van der Waals surface area contributed by atoms with Gasteiger partial charge in [0.25, 0.3) is 11.1 Å². The van der Waals surface area contributed by atoms with E-state index >= 15 is 0 Å². The third-order valence-electron chi connectivity index (χ3n) is 4.17. The number of rotatable bonds is 7. The minimum absolute atomic E-state index is 0.154. The molecule has 0 spiro atoms. The molecule has 0 saturated carbocycles. The Morgan fingerprint density at radius 3 is 2.59 bits per heavy atom. The van der Waals surface area contributed by atoms with Crippen molar-refractivity contribution in [2.24, 2.45) is 0 Å². The SMILES string of the molecule is C#CCOc1c(I)cc(/C=C2\SC(=O)N(CC(=O)Nc3ccccc3OC)C2=O)cc1I. The zero-order chi connectivity index (χ0) is 23.3. The summed E-state index contributed by atoms with van der Waals surface area (Å²) < 4.78 is 12.4. The number of benzene rings is 2. The lowest BCUT2D eigenvalue weighted by Crippen LogP contribution is -2.36. The van der Waals surface area contributed by atoms with Gasteiger partial charge in [-0.3, -0.25) is 19.3 Å². The molecular weight excluding hydrogens is 658 g/mol. The molecule has 1 heterocycles. The van der Waals surface area contributed by atoms with Gasteiger partial charge in [-0.25, -0.2) is 0 Å². The lowest BCUT2D eigenvalue weighted by molar-refractivity contribution is -0.127. The quantitative estimate of drug-likeness (QED) is 0.263. The molecule has 0 atom stereocenters. The molecule has 2 aromatic rings. The van der Waals surface area contributed by atoms with Crippen LogP contribution < -0.4 is 14.8 Å². The molecule has 7 nitrogen and oxygen atoms in total. The summed E-state index contributed by atoms with van der Waals surface area (Å²) >= 11 is 5.04.